The highest BCUT2D eigenvalue weighted by atomic mass is 16.5. The summed E-state index contributed by atoms with van der Waals surface area (Å²) in [5, 5.41) is 3.65. The molecule has 0 bridgehead atoms. The Kier molecular flexibility index (Phi) is 6.12. The summed E-state index contributed by atoms with van der Waals surface area (Å²) in [7, 11) is 1.68. The lowest BCUT2D eigenvalue weighted by atomic mass is 9.95. The third kappa shape index (κ3) is 5.09. The molecule has 0 spiro atoms. The number of nitrogens with one attached hydrogen (secondary N) is 1. The number of ether oxygens (including phenoxy) is 2. The topological polar surface area (TPSA) is 30.5 Å². The molecule has 2 rings (SSSR count). The van der Waals surface area contributed by atoms with Gasteiger partial charge in [0.1, 0.15) is 6.61 Å². The summed E-state index contributed by atoms with van der Waals surface area (Å²) in [6, 6.07) is 6.82. The van der Waals surface area contributed by atoms with E-state index in [2.05, 4.69) is 24.0 Å². The SMILES string of the molecule is C=C(C)COc1ccc(CNC2CCCCC2)cc1OC. The molecule has 0 aliphatic heterocycles. The first kappa shape index (κ1) is 15.9. The second kappa shape index (κ2) is 8.08. The Labute approximate surface area is 128 Å². The maximum absolute atomic E-state index is 5.69. The van der Waals surface area contributed by atoms with Crippen molar-refractivity contribution in [1.82, 2.24) is 5.32 Å². The Morgan fingerprint density at radius 2 is 2.00 bits per heavy atom. The van der Waals surface area contributed by atoms with E-state index in [1.807, 2.05) is 13.0 Å². The molecule has 116 valence electrons. The largest absolute Gasteiger partial charge is 0.493 e. The average molecular weight is 289 g/mol. The molecule has 21 heavy (non-hydrogen) atoms. The van der Waals surface area contributed by atoms with Crippen LogP contribution in [0.15, 0.2) is 30.4 Å². The summed E-state index contributed by atoms with van der Waals surface area (Å²) < 4.78 is 11.1. The van der Waals surface area contributed by atoms with Crippen LogP contribution in [0.2, 0.25) is 0 Å². The van der Waals surface area contributed by atoms with Crippen LogP contribution < -0.4 is 14.8 Å². The van der Waals surface area contributed by atoms with Crippen LogP contribution in [0.4, 0.5) is 0 Å². The Morgan fingerprint density at radius 3 is 2.67 bits per heavy atom. The van der Waals surface area contributed by atoms with E-state index in [9.17, 15) is 0 Å². The van der Waals surface area contributed by atoms with E-state index in [1.165, 1.54) is 37.7 Å². The predicted octanol–water partition coefficient (Wildman–Crippen LogP) is 4.07. The lowest BCUT2D eigenvalue weighted by Crippen LogP contribution is -2.30. The summed E-state index contributed by atoms with van der Waals surface area (Å²) in [5.41, 5.74) is 2.24. The van der Waals surface area contributed by atoms with Gasteiger partial charge in [0.15, 0.2) is 11.5 Å². The number of hydrogen-bond donors (Lipinski definition) is 1. The van der Waals surface area contributed by atoms with Gasteiger partial charge in [-0.05, 0) is 43.0 Å². The van der Waals surface area contributed by atoms with Crippen LogP contribution in [0.3, 0.4) is 0 Å². The first-order valence-electron chi connectivity index (χ1n) is 7.86. The van der Waals surface area contributed by atoms with Gasteiger partial charge in [-0.25, -0.2) is 0 Å². The van der Waals surface area contributed by atoms with Crippen LogP contribution in [0, 0.1) is 0 Å². The van der Waals surface area contributed by atoms with Gasteiger partial charge >= 0.3 is 0 Å². The molecule has 1 N–H and O–H groups in total. The maximum Gasteiger partial charge on any atom is 0.161 e. The molecule has 0 atom stereocenters. The molecule has 1 saturated carbocycles. The molecule has 0 saturated heterocycles. The molecule has 1 fully saturated rings. The smallest absolute Gasteiger partial charge is 0.161 e. The van der Waals surface area contributed by atoms with Crippen molar-refractivity contribution in [2.24, 2.45) is 0 Å². The molecule has 1 aliphatic rings. The van der Waals surface area contributed by atoms with Gasteiger partial charge in [0.2, 0.25) is 0 Å². The third-order valence-electron chi connectivity index (χ3n) is 3.90. The number of methoxy groups -OCH3 is 1. The average Bonchev–Trinajstić information content (AvgIpc) is 2.52. The maximum atomic E-state index is 5.69. The van der Waals surface area contributed by atoms with E-state index >= 15 is 0 Å². The molecular formula is C18H27NO2. The van der Waals surface area contributed by atoms with Crippen molar-refractivity contribution >= 4 is 0 Å². The van der Waals surface area contributed by atoms with E-state index in [4.69, 9.17) is 9.47 Å². The van der Waals surface area contributed by atoms with Crippen LogP contribution in [0.1, 0.15) is 44.6 Å². The molecule has 3 nitrogen and oxygen atoms in total. The van der Waals surface area contributed by atoms with Crippen molar-refractivity contribution in [3.8, 4) is 11.5 Å². The molecule has 0 unspecified atom stereocenters. The zero-order valence-corrected chi connectivity index (χ0v) is 13.3. The van der Waals surface area contributed by atoms with Crippen LogP contribution in [-0.4, -0.2) is 19.8 Å². The van der Waals surface area contributed by atoms with Gasteiger partial charge in [-0.3, -0.25) is 0 Å². The molecule has 0 aromatic heterocycles. The summed E-state index contributed by atoms with van der Waals surface area (Å²) in [6.07, 6.45) is 6.71. The van der Waals surface area contributed by atoms with Gasteiger partial charge in [-0.1, -0.05) is 31.9 Å². The minimum absolute atomic E-state index is 0.524. The zero-order valence-electron chi connectivity index (χ0n) is 13.3. The van der Waals surface area contributed by atoms with Gasteiger partial charge in [-0.2, -0.15) is 0 Å². The van der Waals surface area contributed by atoms with Crippen LogP contribution in [0.5, 0.6) is 11.5 Å². The van der Waals surface area contributed by atoms with Crippen molar-refractivity contribution in [3.05, 3.63) is 35.9 Å². The van der Waals surface area contributed by atoms with E-state index in [-0.39, 0.29) is 0 Å². The number of rotatable bonds is 7. The van der Waals surface area contributed by atoms with Crippen molar-refractivity contribution in [3.63, 3.8) is 0 Å². The van der Waals surface area contributed by atoms with Crippen LogP contribution in [-0.2, 0) is 6.54 Å². The third-order valence-corrected chi connectivity index (χ3v) is 3.90. The Bertz CT molecular complexity index is 464. The van der Waals surface area contributed by atoms with Gasteiger partial charge < -0.3 is 14.8 Å². The minimum Gasteiger partial charge on any atom is -0.493 e. The molecule has 1 aromatic carbocycles. The van der Waals surface area contributed by atoms with Gasteiger partial charge in [0.25, 0.3) is 0 Å². The molecule has 0 heterocycles. The lowest BCUT2D eigenvalue weighted by molar-refractivity contribution is 0.319. The van der Waals surface area contributed by atoms with E-state index in [0.29, 0.717) is 12.6 Å². The zero-order chi connectivity index (χ0) is 15.1. The minimum atomic E-state index is 0.524. The summed E-state index contributed by atoms with van der Waals surface area (Å²) in [4.78, 5) is 0. The molecule has 0 amide bonds. The van der Waals surface area contributed by atoms with Crippen LogP contribution in [0.25, 0.3) is 0 Å². The van der Waals surface area contributed by atoms with Crippen molar-refractivity contribution in [2.75, 3.05) is 13.7 Å². The van der Waals surface area contributed by atoms with E-state index < -0.39 is 0 Å². The Balaban J connectivity index is 1.92. The van der Waals surface area contributed by atoms with Crippen molar-refractivity contribution < 1.29 is 9.47 Å². The van der Waals surface area contributed by atoms with E-state index in [0.717, 1.165) is 23.6 Å². The van der Waals surface area contributed by atoms with Crippen molar-refractivity contribution in [2.45, 2.75) is 51.6 Å². The molecular weight excluding hydrogens is 262 g/mol. The lowest BCUT2D eigenvalue weighted by Gasteiger charge is -2.23. The highest BCUT2D eigenvalue weighted by molar-refractivity contribution is 5.43. The highest BCUT2D eigenvalue weighted by Gasteiger charge is 2.13. The first-order valence-corrected chi connectivity index (χ1v) is 7.86. The quantitative estimate of drug-likeness (QED) is 0.767. The second-order valence-corrected chi connectivity index (χ2v) is 5.95. The van der Waals surface area contributed by atoms with Crippen molar-refractivity contribution in [1.29, 1.82) is 0 Å². The highest BCUT2D eigenvalue weighted by Crippen LogP contribution is 2.28. The van der Waals surface area contributed by atoms with Crippen LogP contribution >= 0.6 is 0 Å². The Morgan fingerprint density at radius 1 is 1.24 bits per heavy atom. The normalized spacial score (nSPS) is 15.7. The Hall–Kier alpha value is -1.48. The fourth-order valence-electron chi connectivity index (χ4n) is 2.71. The van der Waals surface area contributed by atoms with Gasteiger partial charge in [0, 0.05) is 12.6 Å². The molecule has 1 aromatic rings. The molecule has 0 radical (unpaired) electrons. The number of benzene rings is 1. The predicted molar refractivity (Wildman–Crippen MR) is 87.0 cm³/mol. The fraction of sp³-hybridized carbons (Fsp3) is 0.556. The summed E-state index contributed by atoms with van der Waals surface area (Å²) >= 11 is 0. The molecule has 3 heteroatoms. The monoisotopic (exact) mass is 289 g/mol. The van der Waals surface area contributed by atoms with Gasteiger partial charge in [0.05, 0.1) is 7.11 Å². The fourth-order valence-corrected chi connectivity index (χ4v) is 2.71. The summed E-state index contributed by atoms with van der Waals surface area (Å²) in [5.74, 6) is 1.57. The first-order chi connectivity index (χ1) is 10.2. The van der Waals surface area contributed by atoms with Gasteiger partial charge in [-0.15, -0.1) is 0 Å². The molecule has 1 aliphatic carbocycles. The summed E-state index contributed by atoms with van der Waals surface area (Å²) in [6.45, 7) is 7.22. The second-order valence-electron chi connectivity index (χ2n) is 5.95. The van der Waals surface area contributed by atoms with E-state index in [1.54, 1.807) is 7.11 Å². The standard InChI is InChI=1S/C18H27NO2/c1-14(2)13-21-17-10-9-15(11-18(17)20-3)12-19-16-7-5-4-6-8-16/h9-11,16,19H,1,4-8,12-13H2,2-3H3. The number of hydrogen-bond acceptors (Lipinski definition) is 3.